The molecule has 2 N–H and O–H groups in total. The standard InChI is InChI=1S/C20H28N2O5/c1-3-26-19(24)17(12-11-15-8-5-4-6-9-15)22-14(2)18(23)27-20(25)16-10-7-13-21-16/h4-6,8-9,14,16-17,21-22H,3,7,10-13H2,1-2H3/t14?,16-,17-/m0/s1. The molecule has 0 saturated carbocycles. The van der Waals surface area contributed by atoms with Gasteiger partial charge in [0, 0.05) is 0 Å². The van der Waals surface area contributed by atoms with Gasteiger partial charge in [-0.2, -0.15) is 0 Å². The van der Waals surface area contributed by atoms with Gasteiger partial charge in [0.2, 0.25) is 0 Å². The molecule has 1 fully saturated rings. The van der Waals surface area contributed by atoms with Crippen molar-refractivity contribution in [3.05, 3.63) is 35.9 Å². The molecule has 7 nitrogen and oxygen atoms in total. The maximum Gasteiger partial charge on any atom is 0.330 e. The highest BCUT2D eigenvalue weighted by atomic mass is 16.6. The molecule has 0 amide bonds. The molecule has 27 heavy (non-hydrogen) atoms. The van der Waals surface area contributed by atoms with Crippen molar-refractivity contribution in [3.63, 3.8) is 0 Å². The molecule has 7 heteroatoms. The van der Waals surface area contributed by atoms with Crippen LogP contribution in [0.15, 0.2) is 30.3 Å². The van der Waals surface area contributed by atoms with Crippen LogP contribution < -0.4 is 10.6 Å². The monoisotopic (exact) mass is 376 g/mol. The molecule has 0 aliphatic carbocycles. The van der Waals surface area contributed by atoms with E-state index >= 15 is 0 Å². The topological polar surface area (TPSA) is 93.7 Å². The smallest absolute Gasteiger partial charge is 0.330 e. The summed E-state index contributed by atoms with van der Waals surface area (Å²) in [7, 11) is 0. The summed E-state index contributed by atoms with van der Waals surface area (Å²) < 4.78 is 10.0. The van der Waals surface area contributed by atoms with Crippen molar-refractivity contribution >= 4 is 17.9 Å². The highest BCUT2D eigenvalue weighted by Gasteiger charge is 2.30. The molecule has 3 atom stereocenters. The zero-order valence-electron chi connectivity index (χ0n) is 15.9. The molecule has 1 saturated heterocycles. The highest BCUT2D eigenvalue weighted by molar-refractivity contribution is 5.91. The first-order valence-corrected chi connectivity index (χ1v) is 9.46. The Balaban J connectivity index is 1.90. The number of benzene rings is 1. The number of aryl methyl sites for hydroxylation is 1. The number of carbonyl (C=O) groups is 3. The molecular formula is C20H28N2O5. The van der Waals surface area contributed by atoms with Crippen LogP contribution in [-0.4, -0.2) is 49.2 Å². The summed E-state index contributed by atoms with van der Waals surface area (Å²) in [4.78, 5) is 36.4. The largest absolute Gasteiger partial charge is 0.465 e. The van der Waals surface area contributed by atoms with E-state index in [0.717, 1.165) is 18.5 Å². The molecule has 1 aromatic carbocycles. The number of nitrogens with one attached hydrogen (secondary N) is 2. The number of rotatable bonds is 9. The van der Waals surface area contributed by atoms with E-state index in [0.29, 0.717) is 19.3 Å². The Morgan fingerprint density at radius 2 is 1.96 bits per heavy atom. The molecule has 1 aromatic rings. The Bertz CT molecular complexity index is 629. The summed E-state index contributed by atoms with van der Waals surface area (Å²) in [5.74, 6) is -1.68. The SMILES string of the molecule is CCOC(=O)[C@H](CCc1ccccc1)NC(C)C(=O)OC(=O)[C@@H]1CCCN1. The van der Waals surface area contributed by atoms with Gasteiger partial charge in [-0.1, -0.05) is 30.3 Å². The lowest BCUT2D eigenvalue weighted by atomic mass is 10.0. The first-order valence-electron chi connectivity index (χ1n) is 9.46. The number of carbonyl (C=O) groups excluding carboxylic acids is 3. The predicted molar refractivity (Wildman–Crippen MR) is 99.9 cm³/mol. The second kappa shape index (κ2) is 10.8. The zero-order valence-corrected chi connectivity index (χ0v) is 15.9. The van der Waals surface area contributed by atoms with Crippen LogP contribution in [0.25, 0.3) is 0 Å². The van der Waals surface area contributed by atoms with Crippen molar-refractivity contribution in [2.24, 2.45) is 0 Å². The minimum Gasteiger partial charge on any atom is -0.465 e. The average Bonchev–Trinajstić information content (AvgIpc) is 3.20. The van der Waals surface area contributed by atoms with Crippen molar-refractivity contribution in [1.29, 1.82) is 0 Å². The average molecular weight is 376 g/mol. The Hall–Kier alpha value is -2.25. The molecular weight excluding hydrogens is 348 g/mol. The van der Waals surface area contributed by atoms with E-state index in [-0.39, 0.29) is 6.61 Å². The lowest BCUT2D eigenvalue weighted by Gasteiger charge is -2.21. The van der Waals surface area contributed by atoms with Crippen molar-refractivity contribution in [1.82, 2.24) is 10.6 Å². The minimum absolute atomic E-state index is 0.257. The van der Waals surface area contributed by atoms with E-state index in [1.165, 1.54) is 0 Å². The summed E-state index contributed by atoms with van der Waals surface area (Å²) in [5, 5.41) is 5.94. The fraction of sp³-hybridized carbons (Fsp3) is 0.550. The van der Waals surface area contributed by atoms with Crippen LogP contribution in [0.5, 0.6) is 0 Å². The molecule has 0 aromatic heterocycles. The number of hydrogen-bond donors (Lipinski definition) is 2. The van der Waals surface area contributed by atoms with Crippen LogP contribution >= 0.6 is 0 Å². The lowest BCUT2D eigenvalue weighted by molar-refractivity contribution is -0.162. The Morgan fingerprint density at radius 3 is 2.59 bits per heavy atom. The van der Waals surface area contributed by atoms with Crippen LogP contribution in [-0.2, 0) is 30.3 Å². The van der Waals surface area contributed by atoms with Gasteiger partial charge in [0.25, 0.3) is 0 Å². The normalized spacial score (nSPS) is 18.5. The van der Waals surface area contributed by atoms with Gasteiger partial charge >= 0.3 is 17.9 Å². The molecule has 148 valence electrons. The fourth-order valence-corrected chi connectivity index (χ4v) is 2.98. The second-order valence-electron chi connectivity index (χ2n) is 6.61. The summed E-state index contributed by atoms with van der Waals surface area (Å²) in [6, 6.07) is 7.86. The van der Waals surface area contributed by atoms with Crippen molar-refractivity contribution in [2.75, 3.05) is 13.2 Å². The van der Waals surface area contributed by atoms with Gasteiger partial charge in [-0.05, 0) is 51.6 Å². The van der Waals surface area contributed by atoms with E-state index in [1.807, 2.05) is 30.3 Å². The maximum absolute atomic E-state index is 12.2. The molecule has 0 spiro atoms. The number of hydrogen-bond acceptors (Lipinski definition) is 7. The summed E-state index contributed by atoms with van der Waals surface area (Å²) in [6.07, 6.45) is 2.67. The number of esters is 3. The van der Waals surface area contributed by atoms with Crippen molar-refractivity contribution in [3.8, 4) is 0 Å². The third kappa shape index (κ3) is 6.77. The number of ether oxygens (including phenoxy) is 2. The quantitative estimate of drug-likeness (QED) is 0.496. The van der Waals surface area contributed by atoms with Crippen LogP contribution in [0.2, 0.25) is 0 Å². The summed E-state index contributed by atoms with van der Waals surface area (Å²) in [6.45, 7) is 4.31. The first-order chi connectivity index (χ1) is 13.0. The van der Waals surface area contributed by atoms with Gasteiger partial charge in [0.1, 0.15) is 18.1 Å². The Kier molecular flexibility index (Phi) is 8.42. The van der Waals surface area contributed by atoms with E-state index in [2.05, 4.69) is 10.6 Å². The van der Waals surface area contributed by atoms with Crippen molar-refractivity contribution in [2.45, 2.75) is 57.7 Å². The maximum atomic E-state index is 12.2. The molecule has 0 radical (unpaired) electrons. The molecule has 1 aliphatic heterocycles. The minimum atomic E-state index is -0.805. The Labute approximate surface area is 159 Å². The van der Waals surface area contributed by atoms with E-state index in [9.17, 15) is 14.4 Å². The molecule has 2 rings (SSSR count). The van der Waals surface area contributed by atoms with Crippen LogP contribution in [0.3, 0.4) is 0 Å². The first kappa shape index (κ1) is 21.1. The van der Waals surface area contributed by atoms with E-state index < -0.39 is 36.0 Å². The van der Waals surface area contributed by atoms with Gasteiger partial charge < -0.3 is 14.8 Å². The third-order valence-corrected chi connectivity index (χ3v) is 4.49. The third-order valence-electron chi connectivity index (χ3n) is 4.49. The van der Waals surface area contributed by atoms with Crippen LogP contribution in [0, 0.1) is 0 Å². The van der Waals surface area contributed by atoms with E-state index in [1.54, 1.807) is 13.8 Å². The van der Waals surface area contributed by atoms with Gasteiger partial charge in [-0.25, -0.2) is 9.59 Å². The van der Waals surface area contributed by atoms with Crippen LogP contribution in [0.4, 0.5) is 0 Å². The molecule has 1 unspecified atom stereocenters. The summed E-state index contributed by atoms with van der Waals surface area (Å²) >= 11 is 0. The fourth-order valence-electron chi connectivity index (χ4n) is 2.98. The molecule has 1 heterocycles. The predicted octanol–water partition coefficient (Wildman–Crippen LogP) is 1.35. The molecule has 0 bridgehead atoms. The van der Waals surface area contributed by atoms with Gasteiger partial charge in [-0.15, -0.1) is 0 Å². The van der Waals surface area contributed by atoms with Crippen LogP contribution in [0.1, 0.15) is 38.7 Å². The second-order valence-corrected chi connectivity index (χ2v) is 6.61. The van der Waals surface area contributed by atoms with E-state index in [4.69, 9.17) is 9.47 Å². The van der Waals surface area contributed by atoms with Gasteiger partial charge in [0.15, 0.2) is 0 Å². The molecule has 1 aliphatic rings. The highest BCUT2D eigenvalue weighted by Crippen LogP contribution is 2.09. The lowest BCUT2D eigenvalue weighted by Crippen LogP contribution is -2.48. The summed E-state index contributed by atoms with van der Waals surface area (Å²) in [5.41, 5.74) is 1.09. The Morgan fingerprint density at radius 1 is 1.22 bits per heavy atom. The van der Waals surface area contributed by atoms with Gasteiger partial charge in [-0.3, -0.25) is 10.1 Å². The zero-order chi connectivity index (χ0) is 19.6. The van der Waals surface area contributed by atoms with Gasteiger partial charge in [0.05, 0.1) is 6.61 Å². The van der Waals surface area contributed by atoms with Crippen molar-refractivity contribution < 1.29 is 23.9 Å².